The largest absolute Gasteiger partial charge is 0.444 e. The Bertz CT molecular complexity index is 638. The molecule has 1 aromatic rings. The van der Waals surface area contributed by atoms with Gasteiger partial charge in [0.25, 0.3) is 0 Å². The topological polar surface area (TPSA) is 57.7 Å². The minimum Gasteiger partial charge on any atom is -0.444 e. The SMILES string of the molecule is CC(C)(C)OC(=O)N1CC2(C1)CN(c1ccnc3c1CCN3)C2. The van der Waals surface area contributed by atoms with E-state index in [2.05, 4.69) is 21.3 Å². The van der Waals surface area contributed by atoms with Gasteiger partial charge in [-0.05, 0) is 33.3 Å². The zero-order chi connectivity index (χ0) is 16.2. The summed E-state index contributed by atoms with van der Waals surface area (Å²) in [6.45, 7) is 10.3. The molecule has 1 spiro atoms. The van der Waals surface area contributed by atoms with E-state index in [9.17, 15) is 4.79 Å². The predicted molar refractivity (Wildman–Crippen MR) is 88.9 cm³/mol. The monoisotopic (exact) mass is 316 g/mol. The highest BCUT2D eigenvalue weighted by molar-refractivity contribution is 5.71. The summed E-state index contributed by atoms with van der Waals surface area (Å²) >= 11 is 0. The molecule has 6 nitrogen and oxygen atoms in total. The molecule has 0 unspecified atom stereocenters. The smallest absolute Gasteiger partial charge is 0.410 e. The van der Waals surface area contributed by atoms with Crippen molar-refractivity contribution in [3.05, 3.63) is 17.8 Å². The number of anilines is 2. The van der Waals surface area contributed by atoms with Gasteiger partial charge in [-0.25, -0.2) is 9.78 Å². The third kappa shape index (κ3) is 2.50. The summed E-state index contributed by atoms with van der Waals surface area (Å²) in [6, 6.07) is 2.11. The van der Waals surface area contributed by atoms with Gasteiger partial charge >= 0.3 is 6.09 Å². The summed E-state index contributed by atoms with van der Waals surface area (Å²) in [5.74, 6) is 1.03. The van der Waals surface area contributed by atoms with Gasteiger partial charge in [0, 0.05) is 55.6 Å². The Hall–Kier alpha value is -1.98. The van der Waals surface area contributed by atoms with Gasteiger partial charge in [0.2, 0.25) is 0 Å². The van der Waals surface area contributed by atoms with Gasteiger partial charge in [-0.15, -0.1) is 0 Å². The summed E-state index contributed by atoms with van der Waals surface area (Å²) in [4.78, 5) is 20.7. The molecule has 1 N–H and O–H groups in total. The zero-order valence-electron chi connectivity index (χ0n) is 14.1. The highest BCUT2D eigenvalue weighted by atomic mass is 16.6. The molecule has 124 valence electrons. The van der Waals surface area contributed by atoms with Crippen LogP contribution in [0.3, 0.4) is 0 Å². The van der Waals surface area contributed by atoms with Crippen molar-refractivity contribution in [2.24, 2.45) is 5.41 Å². The molecule has 1 amide bonds. The third-order valence-electron chi connectivity index (χ3n) is 4.80. The number of pyridine rings is 1. The summed E-state index contributed by atoms with van der Waals surface area (Å²) in [7, 11) is 0. The number of rotatable bonds is 1. The fourth-order valence-electron chi connectivity index (χ4n) is 3.84. The number of carbonyl (C=O) groups excluding carboxylic acids is 1. The van der Waals surface area contributed by atoms with E-state index in [4.69, 9.17) is 4.74 Å². The molecule has 2 fully saturated rings. The van der Waals surface area contributed by atoms with Gasteiger partial charge in [-0.1, -0.05) is 0 Å². The van der Waals surface area contributed by atoms with E-state index in [0.29, 0.717) is 0 Å². The number of hydrogen-bond donors (Lipinski definition) is 1. The molecular weight excluding hydrogens is 292 g/mol. The molecule has 2 saturated heterocycles. The van der Waals surface area contributed by atoms with Gasteiger partial charge in [0.15, 0.2) is 0 Å². The van der Waals surface area contributed by atoms with Crippen LogP contribution >= 0.6 is 0 Å². The first-order chi connectivity index (χ1) is 10.9. The quantitative estimate of drug-likeness (QED) is 0.860. The minimum absolute atomic E-state index is 0.185. The second-order valence-corrected chi connectivity index (χ2v) is 8.03. The van der Waals surface area contributed by atoms with Crippen molar-refractivity contribution >= 4 is 17.6 Å². The molecule has 1 aromatic heterocycles. The van der Waals surface area contributed by atoms with Gasteiger partial charge in [0.1, 0.15) is 11.4 Å². The Labute approximate surface area is 136 Å². The molecule has 4 heterocycles. The Kier molecular flexibility index (Phi) is 3.02. The molecule has 3 aliphatic rings. The van der Waals surface area contributed by atoms with Crippen molar-refractivity contribution in [1.29, 1.82) is 0 Å². The third-order valence-corrected chi connectivity index (χ3v) is 4.80. The molecule has 0 aromatic carbocycles. The molecule has 0 aliphatic carbocycles. The molecule has 3 aliphatic heterocycles. The number of nitrogens with zero attached hydrogens (tertiary/aromatic N) is 3. The van der Waals surface area contributed by atoms with Crippen molar-refractivity contribution in [3.8, 4) is 0 Å². The van der Waals surface area contributed by atoms with Gasteiger partial charge in [0.05, 0.1) is 0 Å². The fraction of sp³-hybridized carbons (Fsp3) is 0.647. The molecule has 0 atom stereocenters. The molecule has 4 rings (SSSR count). The number of nitrogens with one attached hydrogen (secondary N) is 1. The van der Waals surface area contributed by atoms with E-state index in [0.717, 1.165) is 45.0 Å². The van der Waals surface area contributed by atoms with E-state index < -0.39 is 5.60 Å². The second kappa shape index (κ2) is 4.76. The van der Waals surface area contributed by atoms with Gasteiger partial charge < -0.3 is 19.9 Å². The lowest BCUT2D eigenvalue weighted by Crippen LogP contribution is -2.73. The van der Waals surface area contributed by atoms with Gasteiger partial charge in [-0.3, -0.25) is 0 Å². The summed E-state index contributed by atoms with van der Waals surface area (Å²) < 4.78 is 5.43. The number of fused-ring (bicyclic) bond motifs is 1. The second-order valence-electron chi connectivity index (χ2n) is 8.03. The maximum Gasteiger partial charge on any atom is 0.410 e. The van der Waals surface area contributed by atoms with Crippen LogP contribution in [0.5, 0.6) is 0 Å². The summed E-state index contributed by atoms with van der Waals surface area (Å²) in [5, 5.41) is 3.33. The van der Waals surface area contributed by atoms with Crippen molar-refractivity contribution < 1.29 is 9.53 Å². The normalized spacial score (nSPS) is 21.3. The van der Waals surface area contributed by atoms with E-state index in [1.807, 2.05) is 31.9 Å². The molecule has 0 saturated carbocycles. The zero-order valence-corrected chi connectivity index (χ0v) is 14.1. The number of amides is 1. The number of ether oxygens (including phenoxy) is 1. The highest BCUT2D eigenvalue weighted by Gasteiger charge is 2.54. The highest BCUT2D eigenvalue weighted by Crippen LogP contribution is 2.44. The van der Waals surface area contributed by atoms with E-state index in [-0.39, 0.29) is 11.5 Å². The number of carbonyl (C=O) groups is 1. The fourth-order valence-corrected chi connectivity index (χ4v) is 3.84. The van der Waals surface area contributed by atoms with Crippen LogP contribution in [0.2, 0.25) is 0 Å². The van der Waals surface area contributed by atoms with Crippen molar-refractivity contribution in [2.75, 3.05) is 42.9 Å². The Balaban J connectivity index is 1.35. The van der Waals surface area contributed by atoms with Crippen molar-refractivity contribution in [1.82, 2.24) is 9.88 Å². The Morgan fingerprint density at radius 2 is 2.04 bits per heavy atom. The van der Waals surface area contributed by atoms with Crippen LogP contribution in [0, 0.1) is 5.41 Å². The van der Waals surface area contributed by atoms with Crippen LogP contribution in [0.1, 0.15) is 26.3 Å². The van der Waals surface area contributed by atoms with E-state index >= 15 is 0 Å². The first-order valence-electron chi connectivity index (χ1n) is 8.30. The van der Waals surface area contributed by atoms with Crippen LogP contribution in [-0.2, 0) is 11.2 Å². The predicted octanol–water partition coefficient (Wildman–Crippen LogP) is 2.11. The van der Waals surface area contributed by atoms with Crippen molar-refractivity contribution in [2.45, 2.75) is 32.8 Å². The first-order valence-corrected chi connectivity index (χ1v) is 8.30. The van der Waals surface area contributed by atoms with Crippen LogP contribution in [0.25, 0.3) is 0 Å². The average Bonchev–Trinajstić information content (AvgIpc) is 2.81. The van der Waals surface area contributed by atoms with Crippen molar-refractivity contribution in [3.63, 3.8) is 0 Å². The number of aromatic nitrogens is 1. The molecule has 0 bridgehead atoms. The van der Waals surface area contributed by atoms with Crippen LogP contribution in [0.4, 0.5) is 16.3 Å². The maximum atomic E-state index is 12.0. The molecular formula is C17H24N4O2. The lowest BCUT2D eigenvalue weighted by Gasteiger charge is -2.60. The number of hydrogen-bond acceptors (Lipinski definition) is 5. The van der Waals surface area contributed by atoms with E-state index in [1.165, 1.54) is 11.3 Å². The van der Waals surface area contributed by atoms with Crippen LogP contribution in [0.15, 0.2) is 12.3 Å². The van der Waals surface area contributed by atoms with Gasteiger partial charge in [-0.2, -0.15) is 0 Å². The lowest BCUT2D eigenvalue weighted by atomic mass is 9.72. The minimum atomic E-state index is -0.421. The molecule has 6 heteroatoms. The maximum absolute atomic E-state index is 12.0. The molecule has 23 heavy (non-hydrogen) atoms. The lowest BCUT2D eigenvalue weighted by molar-refractivity contribution is -0.0453. The van der Waals surface area contributed by atoms with Crippen LogP contribution in [-0.4, -0.2) is 54.3 Å². The standard InChI is InChI=1S/C17H24N4O2/c1-16(2,3)23-15(22)21-10-17(11-21)8-20(9-17)13-5-7-19-14-12(13)4-6-18-14/h5,7H,4,6,8-11H2,1-3H3,(H,18,19). The average molecular weight is 316 g/mol. The molecule has 0 radical (unpaired) electrons. The first kappa shape index (κ1) is 14.6. The summed E-state index contributed by atoms with van der Waals surface area (Å²) in [5.41, 5.74) is 2.49. The Morgan fingerprint density at radius 3 is 2.74 bits per heavy atom. The van der Waals surface area contributed by atoms with Crippen LogP contribution < -0.4 is 10.2 Å². The Morgan fingerprint density at radius 1 is 1.30 bits per heavy atom. The number of likely N-dealkylation sites (tertiary alicyclic amines) is 1. The van der Waals surface area contributed by atoms with E-state index in [1.54, 1.807) is 0 Å². The summed E-state index contributed by atoms with van der Waals surface area (Å²) in [6.07, 6.45) is 2.74.